The van der Waals surface area contributed by atoms with E-state index in [1.807, 2.05) is 25.1 Å². The molecule has 0 saturated carbocycles. The van der Waals surface area contributed by atoms with Crippen molar-refractivity contribution < 1.29 is 19.0 Å². The van der Waals surface area contributed by atoms with Crippen LogP contribution in [0.15, 0.2) is 60.8 Å². The Bertz CT molecular complexity index is 1290. The van der Waals surface area contributed by atoms with Crippen LogP contribution in [-0.4, -0.2) is 26.1 Å². The first-order valence-corrected chi connectivity index (χ1v) is 10.7. The lowest BCUT2D eigenvalue weighted by molar-refractivity contribution is 0.122. The maximum absolute atomic E-state index is 14.1. The van der Waals surface area contributed by atoms with Gasteiger partial charge in [0, 0.05) is 16.6 Å². The molecule has 1 heterocycles. The fourth-order valence-electron chi connectivity index (χ4n) is 4.73. The fraction of sp³-hybridized carbons (Fsp3) is 0.240. The zero-order valence-corrected chi connectivity index (χ0v) is 17.5. The number of hydrogen-bond acceptors (Lipinski definition) is 4. The Morgan fingerprint density at radius 2 is 1.88 bits per heavy atom. The van der Waals surface area contributed by atoms with Crippen LogP contribution in [0.3, 0.4) is 0 Å². The van der Waals surface area contributed by atoms with E-state index >= 15 is 0 Å². The van der Waals surface area contributed by atoms with Gasteiger partial charge in [0.2, 0.25) is 0 Å². The van der Waals surface area contributed by atoms with Gasteiger partial charge in [0.05, 0.1) is 29.5 Å². The van der Waals surface area contributed by atoms with Crippen LogP contribution in [0.1, 0.15) is 42.9 Å². The summed E-state index contributed by atoms with van der Waals surface area (Å²) >= 11 is 0. The average Bonchev–Trinajstić information content (AvgIpc) is 3.23. The van der Waals surface area contributed by atoms with Crippen molar-refractivity contribution in [1.29, 1.82) is 0 Å². The van der Waals surface area contributed by atoms with E-state index in [9.17, 15) is 19.0 Å². The first-order chi connectivity index (χ1) is 15.5. The van der Waals surface area contributed by atoms with E-state index in [2.05, 4.69) is 10.4 Å². The number of aromatic nitrogens is 2. The Hall–Kier alpha value is -3.45. The summed E-state index contributed by atoms with van der Waals surface area (Å²) < 4.78 is 29.1. The molecule has 32 heavy (non-hydrogen) atoms. The number of aliphatic hydroxyl groups excluding tert-OH is 1. The van der Waals surface area contributed by atoms with Gasteiger partial charge in [-0.15, -0.1) is 0 Å². The molecule has 5 rings (SSSR count). The third kappa shape index (κ3) is 3.29. The van der Waals surface area contributed by atoms with Crippen LogP contribution < -0.4 is 5.32 Å². The molecule has 3 atom stereocenters. The highest BCUT2D eigenvalue weighted by molar-refractivity contribution is 5.92. The van der Waals surface area contributed by atoms with Crippen molar-refractivity contribution >= 4 is 16.6 Å². The molecule has 4 aromatic rings. The van der Waals surface area contributed by atoms with E-state index in [4.69, 9.17) is 0 Å². The largest absolute Gasteiger partial charge is 0.505 e. The first kappa shape index (κ1) is 20.5. The smallest absolute Gasteiger partial charge is 0.165 e. The summed E-state index contributed by atoms with van der Waals surface area (Å²) in [5.41, 5.74) is 3.56. The standard InChI is InChI=1S/C25H23F2N3O2/c1-2-14-12-22(31)24(17-10-11-19(27)25(32)23(14)17)29-20-4-3-5-21-18(20)13-28-30(21)16-8-6-15(26)7-9-16/h3-11,13-14,22,24,29,31-32H,2,12H2,1H3/t14-,22?,24?/m1/s1. The van der Waals surface area contributed by atoms with Gasteiger partial charge >= 0.3 is 0 Å². The van der Waals surface area contributed by atoms with Crippen LogP contribution >= 0.6 is 0 Å². The summed E-state index contributed by atoms with van der Waals surface area (Å²) in [6, 6.07) is 14.1. The number of halogens is 2. The van der Waals surface area contributed by atoms with E-state index in [-0.39, 0.29) is 17.5 Å². The number of nitrogens with one attached hydrogen (secondary N) is 1. The number of hydrogen-bond donors (Lipinski definition) is 3. The number of aromatic hydroxyl groups is 1. The molecule has 0 fully saturated rings. The predicted octanol–water partition coefficient (Wildman–Crippen LogP) is 5.42. The van der Waals surface area contributed by atoms with Crippen LogP contribution in [0, 0.1) is 11.6 Å². The molecule has 0 aliphatic heterocycles. The number of anilines is 1. The molecule has 0 spiro atoms. The lowest BCUT2D eigenvalue weighted by atomic mass is 9.76. The van der Waals surface area contributed by atoms with E-state index < -0.39 is 18.0 Å². The fourth-order valence-corrected chi connectivity index (χ4v) is 4.73. The first-order valence-electron chi connectivity index (χ1n) is 10.7. The Morgan fingerprint density at radius 3 is 2.62 bits per heavy atom. The lowest BCUT2D eigenvalue weighted by Gasteiger charge is -2.36. The van der Waals surface area contributed by atoms with Crippen molar-refractivity contribution in [3.05, 3.63) is 83.6 Å². The molecule has 2 unspecified atom stereocenters. The number of fused-ring (bicyclic) bond motifs is 2. The van der Waals surface area contributed by atoms with Gasteiger partial charge in [-0.05, 0) is 66.8 Å². The topological polar surface area (TPSA) is 70.3 Å². The maximum atomic E-state index is 14.1. The molecular weight excluding hydrogens is 412 g/mol. The molecule has 3 aromatic carbocycles. The van der Waals surface area contributed by atoms with Gasteiger partial charge < -0.3 is 15.5 Å². The lowest BCUT2D eigenvalue weighted by Crippen LogP contribution is -2.33. The molecule has 7 heteroatoms. The van der Waals surface area contributed by atoms with E-state index in [1.165, 1.54) is 18.2 Å². The minimum atomic E-state index is -0.709. The highest BCUT2D eigenvalue weighted by Gasteiger charge is 2.36. The van der Waals surface area contributed by atoms with Gasteiger partial charge in [0.1, 0.15) is 5.82 Å². The number of rotatable bonds is 4. The van der Waals surface area contributed by atoms with Crippen molar-refractivity contribution in [3.63, 3.8) is 0 Å². The second kappa shape index (κ2) is 7.91. The monoisotopic (exact) mass is 435 g/mol. The average molecular weight is 435 g/mol. The summed E-state index contributed by atoms with van der Waals surface area (Å²) in [5.74, 6) is -1.43. The summed E-state index contributed by atoms with van der Waals surface area (Å²) in [6.07, 6.45) is 2.12. The molecule has 1 aliphatic carbocycles. The van der Waals surface area contributed by atoms with E-state index in [0.29, 0.717) is 24.0 Å². The molecule has 0 bridgehead atoms. The van der Waals surface area contributed by atoms with Gasteiger partial charge in [-0.25, -0.2) is 13.5 Å². The third-order valence-electron chi connectivity index (χ3n) is 6.34. The summed E-state index contributed by atoms with van der Waals surface area (Å²) in [6.45, 7) is 1.96. The molecule has 1 aliphatic rings. The van der Waals surface area contributed by atoms with Crippen molar-refractivity contribution in [1.82, 2.24) is 9.78 Å². The van der Waals surface area contributed by atoms with Gasteiger partial charge in [-0.2, -0.15) is 5.10 Å². The number of benzene rings is 3. The molecule has 0 amide bonds. The second-order valence-corrected chi connectivity index (χ2v) is 8.20. The second-order valence-electron chi connectivity index (χ2n) is 8.20. The molecule has 5 nitrogen and oxygen atoms in total. The van der Waals surface area contributed by atoms with Gasteiger partial charge in [-0.3, -0.25) is 0 Å². The van der Waals surface area contributed by atoms with Gasteiger partial charge in [-0.1, -0.05) is 19.1 Å². The summed E-state index contributed by atoms with van der Waals surface area (Å²) in [4.78, 5) is 0. The summed E-state index contributed by atoms with van der Waals surface area (Å²) in [7, 11) is 0. The molecular formula is C25H23F2N3O2. The number of phenolic OH excluding ortho intramolecular Hbond substituents is 1. The molecule has 164 valence electrons. The van der Waals surface area contributed by atoms with Crippen LogP contribution in [0.2, 0.25) is 0 Å². The van der Waals surface area contributed by atoms with Crippen LogP contribution in [0.4, 0.5) is 14.5 Å². The SMILES string of the molecule is CC[C@@H]1CC(O)C(Nc2cccc3c2cnn3-c2ccc(F)cc2)c2ccc(F)c(O)c21. The van der Waals surface area contributed by atoms with Crippen molar-refractivity contribution in [2.24, 2.45) is 0 Å². The zero-order valence-electron chi connectivity index (χ0n) is 17.5. The van der Waals surface area contributed by atoms with Crippen LogP contribution in [-0.2, 0) is 0 Å². The van der Waals surface area contributed by atoms with Crippen LogP contribution in [0.25, 0.3) is 16.6 Å². The van der Waals surface area contributed by atoms with Crippen LogP contribution in [0.5, 0.6) is 5.75 Å². The quantitative estimate of drug-likeness (QED) is 0.400. The highest BCUT2D eigenvalue weighted by Crippen LogP contribution is 2.46. The van der Waals surface area contributed by atoms with Crippen molar-refractivity contribution in [2.45, 2.75) is 37.8 Å². The Kier molecular flexibility index (Phi) is 5.06. The normalized spacial score (nSPS) is 20.3. The van der Waals surface area contributed by atoms with Gasteiger partial charge in [0.15, 0.2) is 11.6 Å². The zero-order chi connectivity index (χ0) is 22.4. The Balaban J connectivity index is 1.56. The molecule has 3 N–H and O–H groups in total. The number of phenols is 1. The molecule has 1 aromatic heterocycles. The minimum Gasteiger partial charge on any atom is -0.505 e. The van der Waals surface area contributed by atoms with E-state index in [0.717, 1.165) is 22.3 Å². The maximum Gasteiger partial charge on any atom is 0.165 e. The van der Waals surface area contributed by atoms with Gasteiger partial charge in [0.25, 0.3) is 0 Å². The number of aliphatic hydroxyl groups is 1. The highest BCUT2D eigenvalue weighted by atomic mass is 19.1. The summed E-state index contributed by atoms with van der Waals surface area (Å²) in [5, 5.41) is 30.0. The van der Waals surface area contributed by atoms with Crippen molar-refractivity contribution in [3.8, 4) is 11.4 Å². The predicted molar refractivity (Wildman–Crippen MR) is 119 cm³/mol. The minimum absolute atomic E-state index is 0.120. The number of nitrogens with zero attached hydrogens (tertiary/aromatic N) is 2. The van der Waals surface area contributed by atoms with E-state index in [1.54, 1.807) is 29.1 Å². The molecule has 0 radical (unpaired) electrons. The third-order valence-corrected chi connectivity index (χ3v) is 6.34. The van der Waals surface area contributed by atoms with Crippen molar-refractivity contribution in [2.75, 3.05) is 5.32 Å². The Labute approximate surface area is 183 Å². The molecule has 0 saturated heterocycles. The Morgan fingerprint density at radius 1 is 1.09 bits per heavy atom.